The van der Waals surface area contributed by atoms with Gasteiger partial charge >= 0.3 is 0 Å². The van der Waals surface area contributed by atoms with Gasteiger partial charge in [0.2, 0.25) is 5.91 Å². The Bertz CT molecular complexity index is 817. The van der Waals surface area contributed by atoms with Crippen molar-refractivity contribution in [1.29, 1.82) is 0 Å². The number of benzene rings is 1. The summed E-state index contributed by atoms with van der Waals surface area (Å²) in [5, 5.41) is 24.7. The van der Waals surface area contributed by atoms with E-state index in [1.54, 1.807) is 19.1 Å². The molecule has 1 aromatic carbocycles. The van der Waals surface area contributed by atoms with Crippen LogP contribution in [0.15, 0.2) is 29.1 Å². The fourth-order valence-corrected chi connectivity index (χ4v) is 3.16. The number of aromatic nitrogens is 2. The predicted octanol–water partition coefficient (Wildman–Crippen LogP) is -0.0934. The molecular weight excluding hydrogens is 310 g/mol. The van der Waals surface area contributed by atoms with Crippen LogP contribution in [-0.2, 0) is 11.3 Å². The van der Waals surface area contributed by atoms with E-state index in [4.69, 9.17) is 0 Å². The second-order valence-corrected chi connectivity index (χ2v) is 6.23. The highest BCUT2D eigenvalue weighted by atomic mass is 16.3. The number of likely N-dealkylation sites (tertiary alicyclic amines) is 1. The average molecular weight is 331 g/mol. The number of fused-ring (bicyclic) bond motifs is 1. The largest absolute Gasteiger partial charge is 0.396 e. The zero-order valence-corrected chi connectivity index (χ0v) is 13.6. The number of β-amino-alcohol motifs (C(OH)–C–C–N with tert-alkyl or cyclic N) is 1. The Morgan fingerprint density at radius 2 is 2.04 bits per heavy atom. The maximum absolute atomic E-state index is 12.5. The molecule has 7 heteroatoms. The summed E-state index contributed by atoms with van der Waals surface area (Å²) in [5.41, 5.74) is 0.396. The highest BCUT2D eigenvalue weighted by molar-refractivity contribution is 5.83. The molecule has 128 valence electrons. The van der Waals surface area contributed by atoms with Crippen molar-refractivity contribution in [2.75, 3.05) is 19.7 Å². The molecule has 1 fully saturated rings. The number of carbonyl (C=O) groups is 1. The number of rotatable bonds is 3. The van der Waals surface area contributed by atoms with Crippen LogP contribution >= 0.6 is 0 Å². The zero-order chi connectivity index (χ0) is 17.3. The number of hydrogen-bond acceptors (Lipinski definition) is 5. The first kappa shape index (κ1) is 16.6. The van der Waals surface area contributed by atoms with Crippen LogP contribution in [0.5, 0.6) is 0 Å². The molecular formula is C17H21N3O4. The first-order chi connectivity index (χ1) is 11.5. The average Bonchev–Trinajstić information content (AvgIpc) is 2.59. The lowest BCUT2D eigenvalue weighted by atomic mass is 9.95. The number of aliphatic hydroxyl groups is 2. The molecule has 2 atom stereocenters. The highest BCUT2D eigenvalue weighted by Gasteiger charge is 2.29. The van der Waals surface area contributed by atoms with E-state index in [9.17, 15) is 19.8 Å². The zero-order valence-electron chi connectivity index (χ0n) is 13.6. The van der Waals surface area contributed by atoms with Gasteiger partial charge in [-0.2, -0.15) is 5.10 Å². The summed E-state index contributed by atoms with van der Waals surface area (Å²) in [7, 11) is 0. The van der Waals surface area contributed by atoms with E-state index < -0.39 is 6.10 Å². The molecule has 0 aliphatic carbocycles. The molecule has 24 heavy (non-hydrogen) atoms. The van der Waals surface area contributed by atoms with Crippen molar-refractivity contribution >= 4 is 16.7 Å². The van der Waals surface area contributed by atoms with Crippen LogP contribution in [0.2, 0.25) is 0 Å². The Morgan fingerprint density at radius 1 is 1.33 bits per heavy atom. The molecule has 0 spiro atoms. The SMILES string of the molecule is Cc1nn(CC(=O)N2CC[C@H](CO)[C@H](O)C2)c(=O)c2ccccc12. The van der Waals surface area contributed by atoms with E-state index in [1.807, 2.05) is 12.1 Å². The molecule has 7 nitrogen and oxygen atoms in total. The van der Waals surface area contributed by atoms with Gasteiger partial charge in [-0.1, -0.05) is 18.2 Å². The van der Waals surface area contributed by atoms with Gasteiger partial charge in [0.25, 0.3) is 5.56 Å². The van der Waals surface area contributed by atoms with E-state index in [0.717, 1.165) is 5.39 Å². The first-order valence-electron chi connectivity index (χ1n) is 8.04. The Labute approximate surface area is 139 Å². The number of aryl methyl sites for hydroxylation is 1. The van der Waals surface area contributed by atoms with Gasteiger partial charge in [0.1, 0.15) is 6.54 Å². The van der Waals surface area contributed by atoms with Crippen LogP contribution in [0.4, 0.5) is 0 Å². The molecule has 1 aliphatic rings. The van der Waals surface area contributed by atoms with Gasteiger partial charge in [-0.3, -0.25) is 9.59 Å². The van der Waals surface area contributed by atoms with Crippen LogP contribution in [0.1, 0.15) is 12.1 Å². The summed E-state index contributed by atoms with van der Waals surface area (Å²) in [6, 6.07) is 7.19. The molecule has 2 N–H and O–H groups in total. The Kier molecular flexibility index (Phi) is 4.64. The van der Waals surface area contributed by atoms with Crippen molar-refractivity contribution in [1.82, 2.24) is 14.7 Å². The van der Waals surface area contributed by atoms with Crippen molar-refractivity contribution in [2.24, 2.45) is 5.92 Å². The second-order valence-electron chi connectivity index (χ2n) is 6.23. The number of carbonyl (C=O) groups excluding carboxylic acids is 1. The Hall–Kier alpha value is -2.25. The van der Waals surface area contributed by atoms with Gasteiger partial charge in [-0.15, -0.1) is 0 Å². The second kappa shape index (κ2) is 6.70. The van der Waals surface area contributed by atoms with Gasteiger partial charge < -0.3 is 15.1 Å². The number of aliphatic hydroxyl groups excluding tert-OH is 2. The van der Waals surface area contributed by atoms with Crippen molar-refractivity contribution in [3.05, 3.63) is 40.3 Å². The molecule has 0 radical (unpaired) electrons. The van der Waals surface area contributed by atoms with Crippen molar-refractivity contribution in [2.45, 2.75) is 26.0 Å². The van der Waals surface area contributed by atoms with E-state index in [0.29, 0.717) is 24.0 Å². The molecule has 0 bridgehead atoms. The lowest BCUT2D eigenvalue weighted by molar-refractivity contribution is -0.137. The van der Waals surface area contributed by atoms with E-state index >= 15 is 0 Å². The molecule has 3 rings (SSSR count). The smallest absolute Gasteiger partial charge is 0.275 e. The fraction of sp³-hybridized carbons (Fsp3) is 0.471. The fourth-order valence-electron chi connectivity index (χ4n) is 3.16. The standard InChI is InChI=1S/C17H21N3O4/c1-11-13-4-2-3-5-14(13)17(24)20(18-11)9-16(23)19-7-6-12(10-21)15(22)8-19/h2-5,12,15,21-22H,6-10H2,1H3/t12-,15-/m1/s1. The van der Waals surface area contributed by atoms with Gasteiger partial charge in [0.15, 0.2) is 0 Å². The number of amides is 1. The summed E-state index contributed by atoms with van der Waals surface area (Å²) >= 11 is 0. The minimum absolute atomic E-state index is 0.0892. The molecule has 1 aromatic heterocycles. The van der Waals surface area contributed by atoms with E-state index in [2.05, 4.69) is 5.10 Å². The van der Waals surface area contributed by atoms with Gasteiger partial charge in [0.05, 0.1) is 17.2 Å². The van der Waals surface area contributed by atoms with Crippen LogP contribution in [-0.4, -0.2) is 56.6 Å². The summed E-state index contributed by atoms with van der Waals surface area (Å²) in [6.07, 6.45) is -0.196. The third kappa shape index (κ3) is 3.05. The van der Waals surface area contributed by atoms with Gasteiger partial charge in [0, 0.05) is 31.0 Å². The topological polar surface area (TPSA) is 95.7 Å². The number of piperidine rings is 1. The van der Waals surface area contributed by atoms with Crippen LogP contribution in [0.25, 0.3) is 10.8 Å². The monoisotopic (exact) mass is 331 g/mol. The number of hydrogen-bond donors (Lipinski definition) is 2. The van der Waals surface area contributed by atoms with Crippen molar-refractivity contribution in [3.63, 3.8) is 0 Å². The minimum atomic E-state index is -0.740. The van der Waals surface area contributed by atoms with E-state index in [1.165, 1.54) is 9.58 Å². The van der Waals surface area contributed by atoms with Gasteiger partial charge in [-0.25, -0.2) is 4.68 Å². The van der Waals surface area contributed by atoms with Crippen LogP contribution in [0.3, 0.4) is 0 Å². The van der Waals surface area contributed by atoms with Gasteiger partial charge in [-0.05, 0) is 19.4 Å². The molecule has 1 saturated heterocycles. The summed E-state index contributed by atoms with van der Waals surface area (Å²) in [6.45, 7) is 2.20. The first-order valence-corrected chi connectivity index (χ1v) is 8.04. The normalized spacial score (nSPS) is 21.2. The molecule has 0 saturated carbocycles. The molecule has 0 unspecified atom stereocenters. The van der Waals surface area contributed by atoms with Crippen molar-refractivity contribution < 1.29 is 15.0 Å². The summed E-state index contributed by atoms with van der Waals surface area (Å²) in [4.78, 5) is 26.5. The van der Waals surface area contributed by atoms with E-state index in [-0.39, 0.29) is 37.1 Å². The quantitative estimate of drug-likeness (QED) is 0.819. The third-order valence-electron chi connectivity index (χ3n) is 4.65. The summed E-state index contributed by atoms with van der Waals surface area (Å²) in [5.74, 6) is -0.451. The Morgan fingerprint density at radius 3 is 2.71 bits per heavy atom. The van der Waals surface area contributed by atoms with Crippen molar-refractivity contribution in [3.8, 4) is 0 Å². The third-order valence-corrected chi connectivity index (χ3v) is 4.65. The number of nitrogens with zero attached hydrogens (tertiary/aromatic N) is 3. The maximum Gasteiger partial charge on any atom is 0.275 e. The lowest BCUT2D eigenvalue weighted by Crippen LogP contribution is -2.49. The predicted molar refractivity (Wildman–Crippen MR) is 88.5 cm³/mol. The molecule has 2 aromatic rings. The minimum Gasteiger partial charge on any atom is -0.396 e. The summed E-state index contributed by atoms with van der Waals surface area (Å²) < 4.78 is 1.19. The highest BCUT2D eigenvalue weighted by Crippen LogP contribution is 2.18. The molecule has 1 aliphatic heterocycles. The lowest BCUT2D eigenvalue weighted by Gasteiger charge is -2.35. The molecule has 1 amide bonds. The van der Waals surface area contributed by atoms with Crippen LogP contribution < -0.4 is 5.56 Å². The maximum atomic E-state index is 12.5. The molecule has 2 heterocycles. The Balaban J connectivity index is 1.81. The van der Waals surface area contributed by atoms with Crippen LogP contribution in [0, 0.1) is 12.8 Å².